The molecule has 1 aliphatic heterocycles. The second kappa shape index (κ2) is 7.64. The summed E-state index contributed by atoms with van der Waals surface area (Å²) in [4.78, 5) is 7.15. The van der Waals surface area contributed by atoms with E-state index in [4.69, 9.17) is 4.74 Å². The molecule has 2 heterocycles. The highest BCUT2D eigenvalue weighted by molar-refractivity contribution is 5.28. The maximum atomic E-state index is 5.07. The quantitative estimate of drug-likeness (QED) is 0.741. The van der Waals surface area contributed by atoms with Crippen LogP contribution in [0.1, 0.15) is 31.9 Å². The summed E-state index contributed by atoms with van der Waals surface area (Å²) in [6.07, 6.45) is 5.83. The van der Waals surface area contributed by atoms with Crippen LogP contribution < -0.4 is 5.32 Å². The Morgan fingerprint density at radius 1 is 1.40 bits per heavy atom. The Bertz CT molecular complexity index is 399. The zero-order chi connectivity index (χ0) is 14.4. The van der Waals surface area contributed by atoms with Gasteiger partial charge in [-0.3, -0.25) is 4.90 Å². The van der Waals surface area contributed by atoms with Crippen molar-refractivity contribution in [2.75, 3.05) is 38.7 Å². The standard InChI is InChI=1S/C15H28N4O/c1-13-11-19(12-14(2)18-8-4-5-9-18)15(17-13)16-7-6-10-20-3/h11,14H,4-10,12H2,1-3H3,(H,16,17). The van der Waals surface area contributed by atoms with Crippen molar-refractivity contribution >= 4 is 5.95 Å². The van der Waals surface area contributed by atoms with Crippen LogP contribution in [0.3, 0.4) is 0 Å². The molecule has 1 saturated heterocycles. The summed E-state index contributed by atoms with van der Waals surface area (Å²) >= 11 is 0. The van der Waals surface area contributed by atoms with E-state index in [-0.39, 0.29) is 0 Å². The topological polar surface area (TPSA) is 42.3 Å². The molecule has 0 saturated carbocycles. The van der Waals surface area contributed by atoms with E-state index < -0.39 is 0 Å². The van der Waals surface area contributed by atoms with Crippen molar-refractivity contribution in [3.05, 3.63) is 11.9 Å². The lowest BCUT2D eigenvalue weighted by Crippen LogP contribution is -2.33. The van der Waals surface area contributed by atoms with Gasteiger partial charge in [0.15, 0.2) is 0 Å². The number of nitrogens with one attached hydrogen (secondary N) is 1. The number of anilines is 1. The number of ether oxygens (including phenoxy) is 1. The molecular weight excluding hydrogens is 252 g/mol. The molecule has 1 atom stereocenters. The number of hydrogen-bond acceptors (Lipinski definition) is 4. The largest absolute Gasteiger partial charge is 0.385 e. The molecule has 1 aromatic rings. The molecule has 1 aliphatic rings. The van der Waals surface area contributed by atoms with Gasteiger partial charge in [-0.2, -0.15) is 0 Å². The second-order valence-corrected chi connectivity index (χ2v) is 5.72. The molecular formula is C15H28N4O. The van der Waals surface area contributed by atoms with E-state index in [2.05, 4.69) is 39.8 Å². The van der Waals surface area contributed by atoms with E-state index in [1.807, 2.05) is 0 Å². The third-order valence-corrected chi connectivity index (χ3v) is 3.93. The summed E-state index contributed by atoms with van der Waals surface area (Å²) < 4.78 is 7.33. The van der Waals surface area contributed by atoms with Gasteiger partial charge < -0.3 is 14.6 Å². The van der Waals surface area contributed by atoms with Crippen molar-refractivity contribution in [2.24, 2.45) is 0 Å². The summed E-state index contributed by atoms with van der Waals surface area (Å²) in [5.41, 5.74) is 1.08. The molecule has 1 aromatic heterocycles. The third kappa shape index (κ3) is 4.21. The number of rotatable bonds is 8. The van der Waals surface area contributed by atoms with Gasteiger partial charge in [0.05, 0.1) is 5.69 Å². The number of imidazole rings is 1. The normalized spacial score (nSPS) is 17.6. The number of methoxy groups -OCH3 is 1. The molecule has 0 bridgehead atoms. The molecule has 1 fully saturated rings. The average Bonchev–Trinajstić information content (AvgIpc) is 3.05. The van der Waals surface area contributed by atoms with Crippen LogP contribution >= 0.6 is 0 Å². The molecule has 0 aliphatic carbocycles. The lowest BCUT2D eigenvalue weighted by molar-refractivity contribution is 0.197. The summed E-state index contributed by atoms with van der Waals surface area (Å²) in [6, 6.07) is 0.575. The predicted molar refractivity (Wildman–Crippen MR) is 82.2 cm³/mol. The Hall–Kier alpha value is -1.07. The summed E-state index contributed by atoms with van der Waals surface area (Å²) in [5, 5.41) is 3.42. The number of aryl methyl sites for hydroxylation is 1. The number of likely N-dealkylation sites (tertiary alicyclic amines) is 1. The van der Waals surface area contributed by atoms with Crippen molar-refractivity contribution < 1.29 is 4.74 Å². The first kappa shape index (κ1) is 15.3. The van der Waals surface area contributed by atoms with Crippen LogP contribution in [-0.2, 0) is 11.3 Å². The zero-order valence-corrected chi connectivity index (χ0v) is 13.1. The van der Waals surface area contributed by atoms with Crippen LogP contribution in [0.4, 0.5) is 5.95 Å². The van der Waals surface area contributed by atoms with Gasteiger partial charge in [0.2, 0.25) is 5.95 Å². The fourth-order valence-corrected chi connectivity index (χ4v) is 2.83. The fraction of sp³-hybridized carbons (Fsp3) is 0.800. The first-order chi connectivity index (χ1) is 9.70. The van der Waals surface area contributed by atoms with E-state index in [0.29, 0.717) is 6.04 Å². The molecule has 114 valence electrons. The van der Waals surface area contributed by atoms with Crippen molar-refractivity contribution in [1.29, 1.82) is 0 Å². The molecule has 1 N–H and O–H groups in total. The van der Waals surface area contributed by atoms with Crippen molar-refractivity contribution in [2.45, 2.75) is 45.7 Å². The molecule has 0 spiro atoms. The summed E-state index contributed by atoms with van der Waals surface area (Å²) in [5.74, 6) is 0.990. The summed E-state index contributed by atoms with van der Waals surface area (Å²) in [7, 11) is 1.74. The Morgan fingerprint density at radius 3 is 2.85 bits per heavy atom. The molecule has 20 heavy (non-hydrogen) atoms. The second-order valence-electron chi connectivity index (χ2n) is 5.72. The Kier molecular flexibility index (Phi) is 5.86. The van der Waals surface area contributed by atoms with Gasteiger partial charge in [0.25, 0.3) is 0 Å². The van der Waals surface area contributed by atoms with E-state index >= 15 is 0 Å². The van der Waals surface area contributed by atoms with Crippen LogP contribution in [0, 0.1) is 6.92 Å². The van der Waals surface area contributed by atoms with Gasteiger partial charge in [-0.1, -0.05) is 0 Å². The van der Waals surface area contributed by atoms with E-state index in [0.717, 1.165) is 37.8 Å². The van der Waals surface area contributed by atoms with Crippen LogP contribution in [0.25, 0.3) is 0 Å². The van der Waals surface area contributed by atoms with Crippen molar-refractivity contribution in [1.82, 2.24) is 14.5 Å². The highest BCUT2D eigenvalue weighted by Crippen LogP contribution is 2.16. The van der Waals surface area contributed by atoms with Crippen LogP contribution in [0.5, 0.6) is 0 Å². The molecule has 2 rings (SSSR count). The number of hydrogen-bond donors (Lipinski definition) is 1. The minimum absolute atomic E-state index is 0.575. The van der Waals surface area contributed by atoms with Gasteiger partial charge in [0.1, 0.15) is 0 Å². The molecule has 1 unspecified atom stereocenters. The van der Waals surface area contributed by atoms with Crippen LogP contribution in [0.2, 0.25) is 0 Å². The predicted octanol–water partition coefficient (Wildman–Crippen LogP) is 2.12. The first-order valence-corrected chi connectivity index (χ1v) is 7.71. The molecule has 0 aromatic carbocycles. The molecule has 0 radical (unpaired) electrons. The van der Waals surface area contributed by atoms with E-state index in [1.54, 1.807) is 7.11 Å². The van der Waals surface area contributed by atoms with Crippen LogP contribution in [0.15, 0.2) is 6.20 Å². The van der Waals surface area contributed by atoms with Crippen LogP contribution in [-0.4, -0.2) is 53.8 Å². The molecule has 0 amide bonds. The fourth-order valence-electron chi connectivity index (χ4n) is 2.83. The molecule has 5 heteroatoms. The minimum atomic E-state index is 0.575. The van der Waals surface area contributed by atoms with E-state index in [1.165, 1.54) is 25.9 Å². The monoisotopic (exact) mass is 280 g/mol. The number of nitrogens with zero attached hydrogens (tertiary/aromatic N) is 3. The average molecular weight is 280 g/mol. The van der Waals surface area contributed by atoms with Gasteiger partial charge in [0, 0.05) is 39.0 Å². The maximum Gasteiger partial charge on any atom is 0.203 e. The third-order valence-electron chi connectivity index (χ3n) is 3.93. The lowest BCUT2D eigenvalue weighted by Gasteiger charge is -2.24. The highest BCUT2D eigenvalue weighted by Gasteiger charge is 2.19. The lowest BCUT2D eigenvalue weighted by atomic mass is 10.3. The van der Waals surface area contributed by atoms with E-state index in [9.17, 15) is 0 Å². The van der Waals surface area contributed by atoms with Gasteiger partial charge in [-0.05, 0) is 46.2 Å². The van der Waals surface area contributed by atoms with Gasteiger partial charge >= 0.3 is 0 Å². The Balaban J connectivity index is 1.89. The van der Waals surface area contributed by atoms with Crippen molar-refractivity contribution in [3.63, 3.8) is 0 Å². The zero-order valence-electron chi connectivity index (χ0n) is 13.1. The molecule has 5 nitrogen and oxygen atoms in total. The first-order valence-electron chi connectivity index (χ1n) is 7.71. The smallest absolute Gasteiger partial charge is 0.203 e. The SMILES string of the molecule is COCCCNc1nc(C)cn1CC(C)N1CCCC1. The maximum absolute atomic E-state index is 5.07. The van der Waals surface area contributed by atoms with Gasteiger partial charge in [-0.25, -0.2) is 4.98 Å². The summed E-state index contributed by atoms with van der Waals surface area (Å²) in [6.45, 7) is 9.55. The Morgan fingerprint density at radius 2 is 2.15 bits per heavy atom. The highest BCUT2D eigenvalue weighted by atomic mass is 16.5. The Labute approximate surface area is 122 Å². The van der Waals surface area contributed by atoms with Crippen molar-refractivity contribution in [3.8, 4) is 0 Å². The number of aromatic nitrogens is 2. The van der Waals surface area contributed by atoms with Gasteiger partial charge in [-0.15, -0.1) is 0 Å². The minimum Gasteiger partial charge on any atom is -0.385 e.